The molecule has 3 atom stereocenters. The smallest absolute Gasteiger partial charge is 0.330 e. The number of hydrogen-bond acceptors (Lipinski definition) is 10. The largest absolute Gasteiger partial charge is 0.459 e. The lowest BCUT2D eigenvalue weighted by Crippen LogP contribution is -2.50. The molecular formula is C34H48I2N6O7Si. The van der Waals surface area contributed by atoms with Crippen LogP contribution in [0.4, 0.5) is 0 Å². The van der Waals surface area contributed by atoms with Gasteiger partial charge >= 0.3 is 11.7 Å². The van der Waals surface area contributed by atoms with Gasteiger partial charge in [-0.15, -0.1) is 0 Å². The van der Waals surface area contributed by atoms with E-state index in [1.54, 1.807) is 0 Å². The number of likely N-dealkylation sites (N-methyl/N-ethyl adjacent to an activating group) is 1. The highest BCUT2D eigenvalue weighted by Gasteiger charge is 2.47. The number of aromatic nitrogens is 4. The highest BCUT2D eigenvalue weighted by molar-refractivity contribution is 14.1. The van der Waals surface area contributed by atoms with Crippen LogP contribution in [0.25, 0.3) is 11.0 Å². The Hall–Kier alpha value is -2.26. The van der Waals surface area contributed by atoms with Crippen molar-refractivity contribution in [1.29, 1.82) is 0 Å². The molecule has 1 aliphatic heterocycles. The summed E-state index contributed by atoms with van der Waals surface area (Å²) >= 11 is 4.08. The molecule has 0 bridgehead atoms. The fourth-order valence-corrected chi connectivity index (χ4v) is 13.3. The molecule has 50 heavy (non-hydrogen) atoms. The van der Waals surface area contributed by atoms with Crippen LogP contribution in [-0.2, 0) is 18.7 Å². The van der Waals surface area contributed by atoms with Gasteiger partial charge in [0.05, 0.1) is 33.8 Å². The van der Waals surface area contributed by atoms with Gasteiger partial charge in [-0.2, -0.15) is 0 Å². The number of esters is 1. The van der Waals surface area contributed by atoms with Crippen LogP contribution in [0.1, 0.15) is 78.0 Å². The quantitative estimate of drug-likeness (QED) is 0.111. The highest BCUT2D eigenvalue weighted by atomic mass is 127. The van der Waals surface area contributed by atoms with Gasteiger partial charge < -0.3 is 24.1 Å². The molecule has 1 aromatic carbocycles. The molecule has 1 fully saturated rings. The number of nitrogens with one attached hydrogen (secondary N) is 2. The molecule has 274 valence electrons. The maximum absolute atomic E-state index is 13.3. The van der Waals surface area contributed by atoms with Crippen LogP contribution >= 0.6 is 45.2 Å². The summed E-state index contributed by atoms with van der Waals surface area (Å²) in [6, 6.07) is 5.67. The molecule has 1 amide bonds. The van der Waals surface area contributed by atoms with Crippen molar-refractivity contribution >= 4 is 76.4 Å². The van der Waals surface area contributed by atoms with Gasteiger partial charge in [-0.1, -0.05) is 48.5 Å². The number of nitrogens with zero attached hydrogens (tertiary/aromatic N) is 4. The third-order valence-electron chi connectivity index (χ3n) is 9.43. The SMILES string of the molecule is CCN(CCNC(=O)c1cnc2cc(I)ccc2n1)CCC(=O)O[C@H]1C[C@H](n2cc(I)c(=O)[nH]c2=O)O[C@@H]1CO[Si](C(C)C)(C(C)C)C(C)C. The third kappa shape index (κ3) is 9.78. The Bertz CT molecular complexity index is 1750. The van der Waals surface area contributed by atoms with E-state index >= 15 is 0 Å². The van der Waals surface area contributed by atoms with Gasteiger partial charge in [-0.25, -0.2) is 9.78 Å². The lowest BCUT2D eigenvalue weighted by atomic mass is 10.2. The molecule has 0 unspecified atom stereocenters. The van der Waals surface area contributed by atoms with E-state index in [0.717, 1.165) is 9.09 Å². The van der Waals surface area contributed by atoms with E-state index in [0.29, 0.717) is 51.9 Å². The monoisotopic (exact) mass is 934 g/mol. The van der Waals surface area contributed by atoms with Crippen LogP contribution in [-0.4, -0.2) is 89.6 Å². The minimum atomic E-state index is -2.27. The first kappa shape index (κ1) is 40.5. The van der Waals surface area contributed by atoms with Crippen molar-refractivity contribution in [2.75, 3.05) is 32.8 Å². The van der Waals surface area contributed by atoms with Crippen LogP contribution in [0.5, 0.6) is 0 Å². The lowest BCUT2D eigenvalue weighted by molar-refractivity contribution is -0.153. The number of benzene rings is 1. The fraction of sp³-hybridized carbons (Fsp3) is 0.588. The van der Waals surface area contributed by atoms with Crippen LogP contribution in [0.15, 0.2) is 40.2 Å². The Kier molecular flexibility index (Phi) is 14.6. The number of aromatic amines is 1. The summed E-state index contributed by atoms with van der Waals surface area (Å²) < 4.78 is 21.9. The first-order chi connectivity index (χ1) is 23.7. The molecule has 0 aliphatic carbocycles. The minimum absolute atomic E-state index is 0.130. The van der Waals surface area contributed by atoms with Gasteiger partial charge in [0.1, 0.15) is 24.1 Å². The molecule has 13 nitrogen and oxygen atoms in total. The van der Waals surface area contributed by atoms with Crippen molar-refractivity contribution in [3.05, 3.63) is 64.3 Å². The molecule has 2 aromatic heterocycles. The Morgan fingerprint density at radius 2 is 1.80 bits per heavy atom. The Labute approximate surface area is 321 Å². The fourth-order valence-electron chi connectivity index (χ4n) is 6.96. The number of carbonyl (C=O) groups is 2. The first-order valence-electron chi connectivity index (χ1n) is 17.1. The van der Waals surface area contributed by atoms with Crippen LogP contribution in [0.3, 0.4) is 0 Å². The van der Waals surface area contributed by atoms with Crippen LogP contribution in [0.2, 0.25) is 16.6 Å². The van der Waals surface area contributed by atoms with E-state index in [-0.39, 0.29) is 31.0 Å². The molecule has 0 saturated carbocycles. The van der Waals surface area contributed by atoms with Gasteiger partial charge in [0.2, 0.25) is 0 Å². The Morgan fingerprint density at radius 1 is 1.10 bits per heavy atom. The maximum Gasteiger partial charge on any atom is 0.330 e. The summed E-state index contributed by atoms with van der Waals surface area (Å²) in [5.74, 6) is -0.704. The molecular weight excluding hydrogens is 886 g/mol. The molecule has 16 heteroatoms. The van der Waals surface area contributed by atoms with E-state index in [9.17, 15) is 19.2 Å². The summed E-state index contributed by atoms with van der Waals surface area (Å²) in [5, 5.41) is 2.90. The van der Waals surface area contributed by atoms with Crippen molar-refractivity contribution in [2.24, 2.45) is 0 Å². The molecule has 3 heterocycles. The third-order valence-corrected chi connectivity index (χ3v) is 17.0. The maximum atomic E-state index is 13.3. The second-order valence-corrected chi connectivity index (χ2v) is 21.4. The zero-order valence-corrected chi connectivity index (χ0v) is 35.0. The number of amides is 1. The standard InChI is InChI=1S/C34H48I2N6O7Si/c1-8-41(14-12-37-33(45)27-17-38-26-15-23(35)9-10-25(26)39-27)13-11-31(43)49-28-16-30(42-18-24(36)32(44)40-34(42)46)48-29(28)19-47-50(20(2)3,21(4)5)22(6)7/h9-10,15,17-18,20-22,28-30H,8,11-14,16,19H2,1-7H3,(H,37,45)(H,40,44,46)/t28-,29+,30+/m0/s1. The Morgan fingerprint density at radius 3 is 2.46 bits per heavy atom. The van der Waals surface area contributed by atoms with Crippen molar-refractivity contribution in [1.82, 2.24) is 29.7 Å². The average Bonchev–Trinajstić information content (AvgIpc) is 3.45. The van der Waals surface area contributed by atoms with E-state index in [2.05, 4.69) is 89.3 Å². The van der Waals surface area contributed by atoms with E-state index in [4.69, 9.17) is 13.9 Å². The zero-order chi connectivity index (χ0) is 36.7. The van der Waals surface area contributed by atoms with Gasteiger partial charge in [0.25, 0.3) is 11.5 Å². The Balaban J connectivity index is 1.37. The number of halogens is 2. The second-order valence-electron chi connectivity index (χ2n) is 13.5. The highest BCUT2D eigenvalue weighted by Crippen LogP contribution is 2.43. The van der Waals surface area contributed by atoms with Crippen molar-refractivity contribution in [3.63, 3.8) is 0 Å². The van der Waals surface area contributed by atoms with Gasteiger partial charge in [0, 0.05) is 35.8 Å². The molecule has 1 aliphatic rings. The number of rotatable bonds is 16. The average molecular weight is 935 g/mol. The number of ether oxygens (including phenoxy) is 2. The normalized spacial score (nSPS) is 18.1. The van der Waals surface area contributed by atoms with Crippen molar-refractivity contribution in [3.8, 4) is 0 Å². The number of fused-ring (bicyclic) bond motifs is 1. The summed E-state index contributed by atoms with van der Waals surface area (Å²) in [4.78, 5) is 64.0. The van der Waals surface area contributed by atoms with Crippen LogP contribution in [0, 0.1) is 7.14 Å². The van der Waals surface area contributed by atoms with Crippen molar-refractivity contribution in [2.45, 2.75) is 96.4 Å². The molecule has 4 rings (SSSR count). The predicted octanol–water partition coefficient (Wildman–Crippen LogP) is 5.22. The number of carbonyl (C=O) groups excluding carboxylic acids is 2. The van der Waals surface area contributed by atoms with Gasteiger partial charge in [-0.05, 0) is 86.5 Å². The summed E-state index contributed by atoms with van der Waals surface area (Å²) in [5.41, 5.74) is 1.61. The lowest BCUT2D eigenvalue weighted by Gasteiger charge is -2.43. The summed E-state index contributed by atoms with van der Waals surface area (Å²) in [6.45, 7) is 17.4. The molecule has 0 radical (unpaired) electrons. The molecule has 3 aromatic rings. The molecule has 0 spiro atoms. The topological polar surface area (TPSA) is 158 Å². The zero-order valence-electron chi connectivity index (χ0n) is 29.7. The summed E-state index contributed by atoms with van der Waals surface area (Å²) in [6.07, 6.45) is 1.33. The van der Waals surface area contributed by atoms with E-state index in [1.165, 1.54) is 17.0 Å². The first-order valence-corrected chi connectivity index (χ1v) is 21.4. The van der Waals surface area contributed by atoms with E-state index < -0.39 is 44.0 Å². The predicted molar refractivity (Wildman–Crippen MR) is 211 cm³/mol. The number of H-pyrrole nitrogens is 1. The second kappa shape index (κ2) is 18.0. The van der Waals surface area contributed by atoms with Crippen LogP contribution < -0.4 is 16.6 Å². The van der Waals surface area contributed by atoms with Gasteiger partial charge in [-0.3, -0.25) is 28.9 Å². The molecule has 1 saturated heterocycles. The number of hydrogen-bond donors (Lipinski definition) is 2. The van der Waals surface area contributed by atoms with Crippen molar-refractivity contribution < 1.29 is 23.5 Å². The van der Waals surface area contributed by atoms with E-state index in [1.807, 2.05) is 47.7 Å². The molecule has 2 N–H and O–H groups in total. The summed E-state index contributed by atoms with van der Waals surface area (Å²) in [7, 11) is -2.27. The van der Waals surface area contributed by atoms with Gasteiger partial charge in [0.15, 0.2) is 8.32 Å². The minimum Gasteiger partial charge on any atom is -0.459 e.